The zero-order valence-corrected chi connectivity index (χ0v) is 13.2. The Hall–Kier alpha value is -1.34. The largest absolute Gasteiger partial charge is 0.417 e. The first-order valence-corrected chi connectivity index (χ1v) is 7.52. The van der Waals surface area contributed by atoms with E-state index in [9.17, 15) is 21.6 Å². The first-order valence-electron chi connectivity index (χ1n) is 6.04. The van der Waals surface area contributed by atoms with Crippen LogP contribution in [0.2, 0.25) is 0 Å². The summed E-state index contributed by atoms with van der Waals surface area (Å²) in [5.74, 6) is 0. The van der Waals surface area contributed by atoms with Crippen molar-refractivity contribution in [1.82, 2.24) is 10.0 Å². The van der Waals surface area contributed by atoms with Gasteiger partial charge in [-0.2, -0.15) is 18.4 Å². The summed E-state index contributed by atoms with van der Waals surface area (Å²) in [5.41, 5.74) is -1.88. The van der Waals surface area contributed by atoms with Gasteiger partial charge < -0.3 is 5.32 Å². The standard InChI is InChI=1S/C12H14F3N3O2S.ClH/c1-2-17-5-6-18-21(19,20)10-4-3-9(8-16)11(7-10)12(13,14)15;/h3-4,7,17-18H,2,5-6H2,1H3;1H. The molecule has 5 nitrogen and oxygen atoms in total. The lowest BCUT2D eigenvalue weighted by Crippen LogP contribution is -2.32. The first kappa shape index (κ1) is 20.7. The first-order chi connectivity index (χ1) is 9.72. The molecule has 0 saturated heterocycles. The summed E-state index contributed by atoms with van der Waals surface area (Å²) < 4.78 is 64.3. The van der Waals surface area contributed by atoms with Crippen LogP contribution in [0.4, 0.5) is 13.2 Å². The van der Waals surface area contributed by atoms with Crippen LogP contribution in [0, 0.1) is 11.3 Å². The maximum absolute atomic E-state index is 12.8. The monoisotopic (exact) mass is 357 g/mol. The number of sulfonamides is 1. The Labute approximate surface area is 133 Å². The number of halogens is 4. The molecule has 22 heavy (non-hydrogen) atoms. The van der Waals surface area contributed by atoms with Crippen LogP contribution in [-0.4, -0.2) is 28.1 Å². The third-order valence-electron chi connectivity index (χ3n) is 2.57. The lowest BCUT2D eigenvalue weighted by molar-refractivity contribution is -0.137. The van der Waals surface area contributed by atoms with Crippen molar-refractivity contribution in [2.24, 2.45) is 0 Å². The number of nitrogens with one attached hydrogen (secondary N) is 2. The number of nitriles is 1. The number of nitrogens with zero attached hydrogens (tertiary/aromatic N) is 1. The van der Waals surface area contributed by atoms with Crippen molar-refractivity contribution in [1.29, 1.82) is 5.26 Å². The van der Waals surface area contributed by atoms with Gasteiger partial charge >= 0.3 is 6.18 Å². The van der Waals surface area contributed by atoms with E-state index in [0.29, 0.717) is 19.2 Å². The summed E-state index contributed by atoms with van der Waals surface area (Å²) in [5, 5.41) is 11.5. The zero-order chi connectivity index (χ0) is 16.1. The second-order valence-electron chi connectivity index (χ2n) is 4.07. The van der Waals surface area contributed by atoms with E-state index in [1.807, 2.05) is 6.92 Å². The second kappa shape index (κ2) is 8.33. The van der Waals surface area contributed by atoms with E-state index in [1.165, 1.54) is 6.07 Å². The van der Waals surface area contributed by atoms with E-state index < -0.39 is 32.2 Å². The summed E-state index contributed by atoms with van der Waals surface area (Å²) in [6.45, 7) is 2.90. The molecule has 1 rings (SSSR count). The molecular formula is C12H15ClF3N3O2S. The number of hydrogen-bond acceptors (Lipinski definition) is 4. The molecular weight excluding hydrogens is 343 g/mol. The maximum atomic E-state index is 12.8. The minimum atomic E-state index is -4.79. The van der Waals surface area contributed by atoms with Gasteiger partial charge in [0, 0.05) is 13.1 Å². The zero-order valence-electron chi connectivity index (χ0n) is 11.6. The number of alkyl halides is 3. The number of hydrogen-bond donors (Lipinski definition) is 2. The SMILES string of the molecule is CCNCCNS(=O)(=O)c1ccc(C#N)c(C(F)(F)F)c1.Cl. The van der Waals surface area contributed by atoms with Gasteiger partial charge in [0.2, 0.25) is 10.0 Å². The van der Waals surface area contributed by atoms with Gasteiger partial charge in [-0.25, -0.2) is 13.1 Å². The van der Waals surface area contributed by atoms with Crippen LogP contribution in [0.15, 0.2) is 23.1 Å². The lowest BCUT2D eigenvalue weighted by atomic mass is 10.1. The highest BCUT2D eigenvalue weighted by Crippen LogP contribution is 2.33. The Balaban J connectivity index is 0.00000441. The van der Waals surface area contributed by atoms with Gasteiger partial charge in [-0.15, -0.1) is 12.4 Å². The Morgan fingerprint density at radius 2 is 1.91 bits per heavy atom. The third kappa shape index (κ3) is 5.46. The molecule has 0 unspecified atom stereocenters. The minimum absolute atomic E-state index is 0. The van der Waals surface area contributed by atoms with Crippen LogP contribution >= 0.6 is 12.4 Å². The third-order valence-corrected chi connectivity index (χ3v) is 4.03. The fourth-order valence-corrected chi connectivity index (χ4v) is 2.61. The molecule has 0 heterocycles. The lowest BCUT2D eigenvalue weighted by Gasteiger charge is -2.12. The Morgan fingerprint density at radius 1 is 1.27 bits per heavy atom. The topological polar surface area (TPSA) is 82.0 Å². The van der Waals surface area contributed by atoms with Crippen molar-refractivity contribution in [2.75, 3.05) is 19.6 Å². The maximum Gasteiger partial charge on any atom is 0.417 e. The molecule has 0 aliphatic heterocycles. The van der Waals surface area contributed by atoms with Crippen molar-refractivity contribution in [3.63, 3.8) is 0 Å². The summed E-state index contributed by atoms with van der Waals surface area (Å²) >= 11 is 0. The van der Waals surface area contributed by atoms with Gasteiger partial charge in [0.15, 0.2) is 0 Å². The van der Waals surface area contributed by atoms with Gasteiger partial charge in [0.25, 0.3) is 0 Å². The van der Waals surface area contributed by atoms with Crippen molar-refractivity contribution < 1.29 is 21.6 Å². The summed E-state index contributed by atoms with van der Waals surface area (Å²) in [7, 11) is -4.05. The smallest absolute Gasteiger partial charge is 0.316 e. The fraction of sp³-hybridized carbons (Fsp3) is 0.417. The van der Waals surface area contributed by atoms with Gasteiger partial charge in [0.1, 0.15) is 0 Å². The molecule has 1 aromatic rings. The molecule has 2 N–H and O–H groups in total. The molecule has 0 aliphatic carbocycles. The van der Waals surface area contributed by atoms with Gasteiger partial charge in [-0.1, -0.05) is 6.92 Å². The molecule has 0 atom stereocenters. The van der Waals surface area contributed by atoms with Gasteiger partial charge in [-0.3, -0.25) is 0 Å². The normalized spacial score (nSPS) is 11.6. The van der Waals surface area contributed by atoms with Crippen LogP contribution in [0.1, 0.15) is 18.1 Å². The summed E-state index contributed by atoms with van der Waals surface area (Å²) in [6.07, 6.45) is -4.79. The van der Waals surface area contributed by atoms with Crippen LogP contribution in [0.25, 0.3) is 0 Å². The molecule has 0 bridgehead atoms. The molecule has 0 saturated carbocycles. The summed E-state index contributed by atoms with van der Waals surface area (Å²) in [6, 6.07) is 3.69. The van der Waals surface area contributed by atoms with Crippen LogP contribution in [-0.2, 0) is 16.2 Å². The Morgan fingerprint density at radius 3 is 2.41 bits per heavy atom. The molecule has 124 valence electrons. The highest BCUT2D eigenvalue weighted by atomic mass is 35.5. The molecule has 0 aromatic heterocycles. The van der Waals surface area contributed by atoms with Crippen LogP contribution in [0.3, 0.4) is 0 Å². The molecule has 0 amide bonds. The Kier molecular flexibility index (Phi) is 7.83. The molecule has 0 radical (unpaired) electrons. The second-order valence-corrected chi connectivity index (χ2v) is 5.84. The van der Waals surface area contributed by atoms with Crippen molar-refractivity contribution in [3.05, 3.63) is 29.3 Å². The Bertz CT molecular complexity index is 642. The highest BCUT2D eigenvalue weighted by Gasteiger charge is 2.34. The average molecular weight is 358 g/mol. The van der Waals surface area contributed by atoms with Crippen LogP contribution < -0.4 is 10.0 Å². The minimum Gasteiger partial charge on any atom is -0.316 e. The predicted molar refractivity (Wildman–Crippen MR) is 77.1 cm³/mol. The van der Waals surface area contributed by atoms with E-state index in [-0.39, 0.29) is 19.0 Å². The van der Waals surface area contributed by atoms with Crippen LogP contribution in [0.5, 0.6) is 0 Å². The fourth-order valence-electron chi connectivity index (χ4n) is 1.56. The average Bonchev–Trinajstić information content (AvgIpc) is 2.42. The molecule has 0 aliphatic rings. The quantitative estimate of drug-likeness (QED) is 0.762. The van der Waals surface area contributed by atoms with Crippen molar-refractivity contribution >= 4 is 22.4 Å². The number of rotatable bonds is 6. The molecule has 1 aromatic carbocycles. The summed E-state index contributed by atoms with van der Waals surface area (Å²) in [4.78, 5) is -0.523. The van der Waals surface area contributed by atoms with E-state index in [4.69, 9.17) is 5.26 Å². The van der Waals surface area contributed by atoms with Gasteiger partial charge in [0.05, 0.1) is 22.1 Å². The van der Waals surface area contributed by atoms with E-state index >= 15 is 0 Å². The highest BCUT2D eigenvalue weighted by molar-refractivity contribution is 7.89. The predicted octanol–water partition coefficient (Wildman–Crippen LogP) is 1.89. The number of benzene rings is 1. The van der Waals surface area contributed by atoms with Crippen molar-refractivity contribution in [3.8, 4) is 6.07 Å². The number of likely N-dealkylation sites (N-methyl/N-ethyl adjacent to an activating group) is 1. The van der Waals surface area contributed by atoms with E-state index in [1.54, 1.807) is 0 Å². The molecule has 10 heteroatoms. The van der Waals surface area contributed by atoms with E-state index in [2.05, 4.69) is 10.0 Å². The van der Waals surface area contributed by atoms with Crippen molar-refractivity contribution in [2.45, 2.75) is 18.0 Å². The van der Waals surface area contributed by atoms with Gasteiger partial charge in [-0.05, 0) is 24.7 Å². The van der Waals surface area contributed by atoms with E-state index in [0.717, 1.165) is 12.1 Å². The molecule has 0 fully saturated rings. The molecule has 0 spiro atoms.